The second-order valence-corrected chi connectivity index (χ2v) is 4.50. The molecule has 0 heterocycles. The molecule has 0 atom stereocenters. The van der Waals surface area contributed by atoms with Gasteiger partial charge in [-0.15, -0.1) is 0 Å². The maximum atomic E-state index is 13.3. The Labute approximate surface area is 95.1 Å². The van der Waals surface area contributed by atoms with Crippen LogP contribution in [0.3, 0.4) is 0 Å². The zero-order chi connectivity index (χ0) is 12.2. The van der Waals surface area contributed by atoms with Crippen molar-refractivity contribution in [3.05, 3.63) is 35.4 Å². The number of benzene rings is 1. The van der Waals surface area contributed by atoms with E-state index in [1.54, 1.807) is 0 Å². The summed E-state index contributed by atoms with van der Waals surface area (Å²) in [6.07, 6.45) is 0. The first kappa shape index (κ1) is 13.1. The first-order chi connectivity index (χ1) is 7.44. The van der Waals surface area contributed by atoms with Crippen molar-refractivity contribution in [1.82, 2.24) is 10.6 Å². The van der Waals surface area contributed by atoms with Gasteiger partial charge in [-0.2, -0.15) is 0 Å². The molecule has 0 spiro atoms. The van der Waals surface area contributed by atoms with Crippen LogP contribution in [0, 0.1) is 11.6 Å². The van der Waals surface area contributed by atoms with Crippen molar-refractivity contribution in [2.24, 2.45) is 0 Å². The molecule has 0 amide bonds. The van der Waals surface area contributed by atoms with Crippen LogP contribution in [-0.2, 0) is 6.54 Å². The van der Waals surface area contributed by atoms with Crippen molar-refractivity contribution in [2.45, 2.75) is 25.9 Å². The number of likely N-dealkylation sites (N-methyl/N-ethyl adjacent to an activating group) is 1. The molecule has 1 rings (SSSR count). The first-order valence-electron chi connectivity index (χ1n) is 5.28. The third-order valence-corrected chi connectivity index (χ3v) is 2.38. The third-order valence-electron chi connectivity index (χ3n) is 2.38. The SMILES string of the molecule is CNCC(C)(C)NCc1cc(F)ccc1F. The van der Waals surface area contributed by atoms with E-state index in [1.165, 1.54) is 6.07 Å². The van der Waals surface area contributed by atoms with Crippen molar-refractivity contribution in [1.29, 1.82) is 0 Å². The Morgan fingerprint density at radius 2 is 1.94 bits per heavy atom. The first-order valence-corrected chi connectivity index (χ1v) is 5.28. The predicted octanol–water partition coefficient (Wildman–Crippen LogP) is 2.05. The van der Waals surface area contributed by atoms with E-state index in [4.69, 9.17) is 0 Å². The number of nitrogens with one attached hydrogen (secondary N) is 2. The molecule has 0 aromatic heterocycles. The van der Waals surface area contributed by atoms with Gasteiger partial charge in [0, 0.05) is 24.2 Å². The van der Waals surface area contributed by atoms with Gasteiger partial charge in [-0.25, -0.2) is 8.78 Å². The van der Waals surface area contributed by atoms with E-state index in [2.05, 4.69) is 10.6 Å². The largest absolute Gasteiger partial charge is 0.318 e. The molecule has 0 bridgehead atoms. The maximum Gasteiger partial charge on any atom is 0.127 e. The maximum absolute atomic E-state index is 13.3. The van der Waals surface area contributed by atoms with Crippen LogP contribution < -0.4 is 10.6 Å². The highest BCUT2D eigenvalue weighted by molar-refractivity contribution is 5.18. The Hall–Kier alpha value is -1.00. The summed E-state index contributed by atoms with van der Waals surface area (Å²) in [7, 11) is 1.85. The summed E-state index contributed by atoms with van der Waals surface area (Å²) in [6, 6.07) is 3.49. The van der Waals surface area contributed by atoms with E-state index in [1.807, 2.05) is 20.9 Å². The third kappa shape index (κ3) is 3.87. The van der Waals surface area contributed by atoms with Crippen LogP contribution >= 0.6 is 0 Å². The van der Waals surface area contributed by atoms with Gasteiger partial charge in [-0.05, 0) is 39.1 Å². The fraction of sp³-hybridized carbons (Fsp3) is 0.500. The van der Waals surface area contributed by atoms with Crippen molar-refractivity contribution < 1.29 is 8.78 Å². The van der Waals surface area contributed by atoms with E-state index in [0.29, 0.717) is 12.1 Å². The molecule has 2 N–H and O–H groups in total. The highest BCUT2D eigenvalue weighted by atomic mass is 19.1. The predicted molar refractivity (Wildman–Crippen MR) is 61.2 cm³/mol. The molecule has 1 aromatic carbocycles. The van der Waals surface area contributed by atoms with E-state index in [-0.39, 0.29) is 11.4 Å². The van der Waals surface area contributed by atoms with E-state index in [9.17, 15) is 8.78 Å². The smallest absolute Gasteiger partial charge is 0.127 e. The Morgan fingerprint density at radius 3 is 2.56 bits per heavy atom. The summed E-state index contributed by atoms with van der Waals surface area (Å²) in [5, 5.41) is 6.22. The summed E-state index contributed by atoms with van der Waals surface area (Å²) >= 11 is 0. The number of hydrogen-bond acceptors (Lipinski definition) is 2. The van der Waals surface area contributed by atoms with Crippen LogP contribution in [-0.4, -0.2) is 19.1 Å². The normalized spacial score (nSPS) is 11.8. The van der Waals surface area contributed by atoms with Gasteiger partial charge in [0.25, 0.3) is 0 Å². The Morgan fingerprint density at radius 1 is 1.25 bits per heavy atom. The van der Waals surface area contributed by atoms with Gasteiger partial charge in [0.15, 0.2) is 0 Å². The molecular formula is C12H18F2N2. The van der Waals surface area contributed by atoms with E-state index in [0.717, 1.165) is 18.7 Å². The van der Waals surface area contributed by atoms with Crippen molar-refractivity contribution >= 4 is 0 Å². The average Bonchev–Trinajstić information content (AvgIpc) is 2.19. The van der Waals surface area contributed by atoms with Crippen LogP contribution in [0.1, 0.15) is 19.4 Å². The summed E-state index contributed by atoms with van der Waals surface area (Å²) < 4.78 is 26.2. The van der Waals surface area contributed by atoms with E-state index >= 15 is 0 Å². The number of hydrogen-bond donors (Lipinski definition) is 2. The van der Waals surface area contributed by atoms with Gasteiger partial charge in [0.1, 0.15) is 11.6 Å². The molecule has 0 radical (unpaired) electrons. The van der Waals surface area contributed by atoms with Crippen LogP contribution in [0.25, 0.3) is 0 Å². The van der Waals surface area contributed by atoms with Gasteiger partial charge in [-0.1, -0.05) is 0 Å². The Balaban J connectivity index is 2.63. The fourth-order valence-corrected chi connectivity index (χ4v) is 1.52. The zero-order valence-electron chi connectivity index (χ0n) is 9.90. The molecule has 0 saturated heterocycles. The van der Waals surface area contributed by atoms with Crippen LogP contribution in [0.5, 0.6) is 0 Å². The molecule has 0 fully saturated rings. The van der Waals surface area contributed by atoms with Crippen molar-refractivity contribution in [3.8, 4) is 0 Å². The molecule has 2 nitrogen and oxygen atoms in total. The topological polar surface area (TPSA) is 24.1 Å². The minimum atomic E-state index is -0.412. The quantitative estimate of drug-likeness (QED) is 0.806. The minimum absolute atomic E-state index is 0.159. The lowest BCUT2D eigenvalue weighted by atomic mass is 10.1. The molecule has 0 aliphatic carbocycles. The molecule has 0 aliphatic rings. The summed E-state index contributed by atoms with van der Waals surface area (Å²) in [5.74, 6) is -0.793. The lowest BCUT2D eigenvalue weighted by Crippen LogP contribution is -2.46. The second kappa shape index (κ2) is 5.37. The van der Waals surface area contributed by atoms with Gasteiger partial charge in [0.05, 0.1) is 0 Å². The molecule has 4 heteroatoms. The highest BCUT2D eigenvalue weighted by Gasteiger charge is 2.16. The van der Waals surface area contributed by atoms with Crippen LogP contribution in [0.2, 0.25) is 0 Å². The summed E-state index contributed by atoms with van der Waals surface area (Å²) in [4.78, 5) is 0. The molecule has 1 aromatic rings. The lowest BCUT2D eigenvalue weighted by molar-refractivity contribution is 0.370. The van der Waals surface area contributed by atoms with Gasteiger partial charge < -0.3 is 10.6 Å². The zero-order valence-corrected chi connectivity index (χ0v) is 9.90. The molecule has 90 valence electrons. The van der Waals surface area contributed by atoms with Crippen LogP contribution in [0.15, 0.2) is 18.2 Å². The molecule has 0 unspecified atom stereocenters. The average molecular weight is 228 g/mol. The van der Waals surface area contributed by atoms with Gasteiger partial charge >= 0.3 is 0 Å². The molecule has 0 saturated carbocycles. The monoisotopic (exact) mass is 228 g/mol. The van der Waals surface area contributed by atoms with Gasteiger partial charge in [0.2, 0.25) is 0 Å². The van der Waals surface area contributed by atoms with Gasteiger partial charge in [-0.3, -0.25) is 0 Å². The Bertz CT molecular complexity index is 351. The van der Waals surface area contributed by atoms with Crippen LogP contribution in [0.4, 0.5) is 8.78 Å². The Kier molecular flexibility index (Phi) is 4.38. The summed E-state index contributed by atoms with van der Waals surface area (Å²) in [6.45, 7) is 5.07. The summed E-state index contributed by atoms with van der Waals surface area (Å²) in [5.41, 5.74) is 0.192. The fourth-order valence-electron chi connectivity index (χ4n) is 1.52. The molecular weight excluding hydrogens is 210 g/mol. The van der Waals surface area contributed by atoms with Crippen molar-refractivity contribution in [2.75, 3.05) is 13.6 Å². The lowest BCUT2D eigenvalue weighted by Gasteiger charge is -2.26. The highest BCUT2D eigenvalue weighted by Crippen LogP contribution is 2.11. The molecule has 0 aliphatic heterocycles. The number of rotatable bonds is 5. The second-order valence-electron chi connectivity index (χ2n) is 4.50. The standard InChI is InChI=1S/C12H18F2N2/c1-12(2,8-15-3)16-7-9-6-10(13)4-5-11(9)14/h4-6,15-16H,7-8H2,1-3H3. The number of halogens is 2. The van der Waals surface area contributed by atoms with E-state index < -0.39 is 5.82 Å². The minimum Gasteiger partial charge on any atom is -0.318 e. The van der Waals surface area contributed by atoms with Crippen molar-refractivity contribution in [3.63, 3.8) is 0 Å². The molecule has 16 heavy (non-hydrogen) atoms.